The van der Waals surface area contributed by atoms with Crippen LogP contribution in [0.2, 0.25) is 5.15 Å². The van der Waals surface area contributed by atoms with Gasteiger partial charge in [0.2, 0.25) is 0 Å². The van der Waals surface area contributed by atoms with Crippen molar-refractivity contribution in [1.82, 2.24) is 9.55 Å². The molecule has 0 radical (unpaired) electrons. The van der Waals surface area contributed by atoms with Gasteiger partial charge in [0.1, 0.15) is 10.9 Å². The third kappa shape index (κ3) is 2.49. The van der Waals surface area contributed by atoms with Gasteiger partial charge in [-0.15, -0.1) is 0 Å². The van der Waals surface area contributed by atoms with Gasteiger partial charge in [0, 0.05) is 6.07 Å². The Morgan fingerprint density at radius 3 is 2.60 bits per heavy atom. The van der Waals surface area contributed by atoms with Gasteiger partial charge in [-0.3, -0.25) is 9.78 Å². The zero-order valence-electron chi connectivity index (χ0n) is 11.4. The van der Waals surface area contributed by atoms with Crippen molar-refractivity contribution in [3.05, 3.63) is 55.8 Å². The first-order chi connectivity index (χ1) is 9.45. The van der Waals surface area contributed by atoms with Crippen molar-refractivity contribution < 1.29 is 4.74 Å². The standard InChI is InChI=1S/C14H15ClN2O3/c1-8(2)11-12(15)16-14(19)17(13(11)18)9-5-4-6-10(7-9)20-3/h4-8H,1-3H3,(H,16,19). The first-order valence-corrected chi connectivity index (χ1v) is 6.52. The van der Waals surface area contributed by atoms with Crippen LogP contribution in [0, 0.1) is 0 Å². The summed E-state index contributed by atoms with van der Waals surface area (Å²) >= 11 is 5.95. The summed E-state index contributed by atoms with van der Waals surface area (Å²) in [7, 11) is 1.52. The van der Waals surface area contributed by atoms with E-state index in [0.717, 1.165) is 4.57 Å². The molecule has 0 amide bonds. The first kappa shape index (κ1) is 14.4. The molecule has 0 spiro atoms. The number of halogens is 1. The van der Waals surface area contributed by atoms with Crippen LogP contribution in [-0.2, 0) is 0 Å². The van der Waals surface area contributed by atoms with E-state index in [0.29, 0.717) is 17.0 Å². The molecule has 2 rings (SSSR count). The Labute approximate surface area is 120 Å². The summed E-state index contributed by atoms with van der Waals surface area (Å²) in [4.78, 5) is 27.0. The number of hydrogen-bond acceptors (Lipinski definition) is 3. The molecule has 0 saturated heterocycles. The second-order valence-electron chi connectivity index (χ2n) is 4.65. The third-order valence-electron chi connectivity index (χ3n) is 2.98. The Balaban J connectivity index is 2.77. The van der Waals surface area contributed by atoms with Crippen LogP contribution in [-0.4, -0.2) is 16.7 Å². The maximum atomic E-state index is 12.5. The number of hydrogen-bond donors (Lipinski definition) is 1. The topological polar surface area (TPSA) is 64.1 Å². The minimum atomic E-state index is -0.572. The van der Waals surface area contributed by atoms with Crippen LogP contribution < -0.4 is 16.0 Å². The lowest BCUT2D eigenvalue weighted by Crippen LogP contribution is -2.36. The van der Waals surface area contributed by atoms with Crippen molar-refractivity contribution in [2.24, 2.45) is 0 Å². The van der Waals surface area contributed by atoms with Crippen molar-refractivity contribution in [3.8, 4) is 11.4 Å². The van der Waals surface area contributed by atoms with Gasteiger partial charge in [0.15, 0.2) is 0 Å². The Hall–Kier alpha value is -2.01. The summed E-state index contributed by atoms with van der Waals surface area (Å²) in [6.45, 7) is 3.69. The fourth-order valence-electron chi connectivity index (χ4n) is 2.01. The highest BCUT2D eigenvalue weighted by molar-refractivity contribution is 6.30. The summed E-state index contributed by atoms with van der Waals surface area (Å²) in [5.74, 6) is 0.471. The summed E-state index contributed by atoms with van der Waals surface area (Å²) in [6.07, 6.45) is 0. The van der Waals surface area contributed by atoms with Crippen molar-refractivity contribution in [2.75, 3.05) is 7.11 Å². The van der Waals surface area contributed by atoms with Gasteiger partial charge in [0.05, 0.1) is 18.4 Å². The van der Waals surface area contributed by atoms with Crippen molar-refractivity contribution >= 4 is 11.6 Å². The highest BCUT2D eigenvalue weighted by atomic mass is 35.5. The molecule has 5 nitrogen and oxygen atoms in total. The van der Waals surface area contributed by atoms with Crippen molar-refractivity contribution in [2.45, 2.75) is 19.8 Å². The number of H-pyrrole nitrogens is 1. The second kappa shape index (κ2) is 5.54. The van der Waals surface area contributed by atoms with Gasteiger partial charge in [-0.2, -0.15) is 0 Å². The zero-order valence-corrected chi connectivity index (χ0v) is 12.2. The second-order valence-corrected chi connectivity index (χ2v) is 5.03. The Bertz CT molecular complexity index is 747. The maximum Gasteiger partial charge on any atom is 0.334 e. The number of nitrogens with one attached hydrogen (secondary N) is 1. The molecule has 0 fully saturated rings. The number of aromatic amines is 1. The van der Waals surface area contributed by atoms with E-state index in [1.165, 1.54) is 7.11 Å². The number of methoxy groups -OCH3 is 1. The molecule has 1 N–H and O–H groups in total. The SMILES string of the molecule is COc1cccc(-n2c(=O)[nH]c(Cl)c(C(C)C)c2=O)c1. The molecule has 0 aliphatic rings. The Morgan fingerprint density at radius 1 is 1.30 bits per heavy atom. The minimum Gasteiger partial charge on any atom is -0.497 e. The maximum absolute atomic E-state index is 12.5. The zero-order chi connectivity index (χ0) is 14.9. The molecule has 1 aromatic heterocycles. The summed E-state index contributed by atoms with van der Waals surface area (Å²) in [5.41, 5.74) is -0.164. The molecular formula is C14H15ClN2O3. The third-order valence-corrected chi connectivity index (χ3v) is 3.28. The number of rotatable bonds is 3. The Kier molecular flexibility index (Phi) is 3.99. The fourth-order valence-corrected chi connectivity index (χ4v) is 2.39. The van der Waals surface area contributed by atoms with Gasteiger partial charge >= 0.3 is 5.69 Å². The summed E-state index contributed by atoms with van der Waals surface area (Å²) in [6, 6.07) is 6.73. The molecule has 2 aromatic rings. The van der Waals surface area contributed by atoms with E-state index in [1.54, 1.807) is 24.3 Å². The van der Waals surface area contributed by atoms with Gasteiger partial charge < -0.3 is 4.74 Å². The average molecular weight is 295 g/mol. The highest BCUT2D eigenvalue weighted by Gasteiger charge is 2.16. The molecule has 0 bridgehead atoms. The normalized spacial score (nSPS) is 10.8. The average Bonchev–Trinajstić information content (AvgIpc) is 2.37. The minimum absolute atomic E-state index is 0.0918. The molecule has 0 aliphatic heterocycles. The van der Waals surface area contributed by atoms with Crippen molar-refractivity contribution in [1.29, 1.82) is 0 Å². The molecule has 0 atom stereocenters. The monoisotopic (exact) mass is 294 g/mol. The lowest BCUT2D eigenvalue weighted by Gasteiger charge is -2.11. The fraction of sp³-hybridized carbons (Fsp3) is 0.286. The molecule has 1 heterocycles. The van der Waals surface area contributed by atoms with Gasteiger partial charge in [-0.25, -0.2) is 9.36 Å². The first-order valence-electron chi connectivity index (χ1n) is 6.15. The Morgan fingerprint density at radius 2 is 2.00 bits per heavy atom. The molecule has 0 unspecified atom stereocenters. The molecule has 0 saturated carbocycles. The van der Waals surface area contributed by atoms with Gasteiger partial charge in [-0.1, -0.05) is 31.5 Å². The number of aromatic nitrogens is 2. The van der Waals surface area contributed by atoms with E-state index in [-0.39, 0.29) is 11.1 Å². The van der Waals surface area contributed by atoms with Crippen LogP contribution in [0.3, 0.4) is 0 Å². The van der Waals surface area contributed by atoms with E-state index >= 15 is 0 Å². The van der Waals surface area contributed by atoms with Gasteiger partial charge in [0.25, 0.3) is 5.56 Å². The predicted molar refractivity (Wildman–Crippen MR) is 78.3 cm³/mol. The van der Waals surface area contributed by atoms with Crippen LogP contribution >= 0.6 is 11.6 Å². The number of ether oxygens (including phenoxy) is 1. The largest absolute Gasteiger partial charge is 0.497 e. The van der Waals surface area contributed by atoms with Gasteiger partial charge in [-0.05, 0) is 18.1 Å². The molecule has 20 heavy (non-hydrogen) atoms. The van der Waals surface area contributed by atoms with E-state index in [2.05, 4.69) is 4.98 Å². The number of benzene rings is 1. The predicted octanol–water partition coefficient (Wildman–Crippen LogP) is 2.31. The quantitative estimate of drug-likeness (QED) is 0.884. The lowest BCUT2D eigenvalue weighted by atomic mass is 10.1. The van der Waals surface area contributed by atoms with Crippen LogP contribution in [0.1, 0.15) is 25.3 Å². The molecule has 1 aromatic carbocycles. The molecule has 6 heteroatoms. The van der Waals surface area contributed by atoms with E-state index in [9.17, 15) is 9.59 Å². The lowest BCUT2D eigenvalue weighted by molar-refractivity contribution is 0.414. The van der Waals surface area contributed by atoms with E-state index in [4.69, 9.17) is 16.3 Å². The van der Waals surface area contributed by atoms with Crippen LogP contribution in [0.5, 0.6) is 5.75 Å². The van der Waals surface area contributed by atoms with E-state index < -0.39 is 11.2 Å². The van der Waals surface area contributed by atoms with Crippen LogP contribution in [0.25, 0.3) is 5.69 Å². The van der Waals surface area contributed by atoms with Crippen molar-refractivity contribution in [3.63, 3.8) is 0 Å². The summed E-state index contributed by atoms with van der Waals surface area (Å²) in [5, 5.41) is 0.0918. The van der Waals surface area contributed by atoms with Crippen LogP contribution in [0.15, 0.2) is 33.9 Å². The molecule has 0 aliphatic carbocycles. The smallest absolute Gasteiger partial charge is 0.334 e. The molecular weight excluding hydrogens is 280 g/mol. The highest BCUT2D eigenvalue weighted by Crippen LogP contribution is 2.18. The molecule has 106 valence electrons. The van der Waals surface area contributed by atoms with E-state index in [1.807, 2.05) is 13.8 Å². The summed E-state index contributed by atoms with van der Waals surface area (Å²) < 4.78 is 6.16. The number of nitrogens with zero attached hydrogens (tertiary/aromatic N) is 1. The van der Waals surface area contributed by atoms with Crippen LogP contribution in [0.4, 0.5) is 0 Å².